The van der Waals surface area contributed by atoms with Gasteiger partial charge in [-0.1, -0.05) is 0 Å². The number of benzene rings is 1. The molecule has 1 rings (SSSR count). The quantitative estimate of drug-likeness (QED) is 0.547. The van der Waals surface area contributed by atoms with Crippen LogP contribution >= 0.6 is 22.6 Å². The molecule has 6 heteroatoms. The molecule has 0 saturated carbocycles. The molecule has 0 fully saturated rings. The molecule has 0 aliphatic heterocycles. The Morgan fingerprint density at radius 1 is 1.41 bits per heavy atom. The number of aromatic hydroxyl groups is 1. The van der Waals surface area contributed by atoms with Crippen molar-refractivity contribution in [2.45, 2.75) is 12.8 Å². The zero-order valence-corrected chi connectivity index (χ0v) is 11.2. The van der Waals surface area contributed by atoms with Gasteiger partial charge in [-0.25, -0.2) is 0 Å². The molecular weight excluding hydrogens is 335 g/mol. The fourth-order valence-corrected chi connectivity index (χ4v) is 1.56. The first-order valence-electron chi connectivity index (χ1n) is 5.05. The third kappa shape index (κ3) is 4.59. The van der Waals surface area contributed by atoms with Gasteiger partial charge in [0.1, 0.15) is 5.75 Å². The normalized spacial score (nSPS) is 9.94. The maximum Gasteiger partial charge on any atom is 0.251 e. The van der Waals surface area contributed by atoms with E-state index in [-0.39, 0.29) is 24.0 Å². The number of halogens is 1. The average molecular weight is 348 g/mol. The number of hydrogen-bond acceptors (Lipinski definition) is 3. The predicted octanol–water partition coefficient (Wildman–Crippen LogP) is 0.992. The van der Waals surface area contributed by atoms with Gasteiger partial charge in [0.05, 0.1) is 3.57 Å². The van der Waals surface area contributed by atoms with Crippen molar-refractivity contribution in [3.8, 4) is 5.75 Å². The summed E-state index contributed by atoms with van der Waals surface area (Å²) < 4.78 is 0.688. The molecule has 0 aliphatic carbocycles. The summed E-state index contributed by atoms with van der Waals surface area (Å²) in [7, 11) is 0. The summed E-state index contributed by atoms with van der Waals surface area (Å²) in [5.74, 6) is -0.581. The first kappa shape index (κ1) is 13.8. The largest absolute Gasteiger partial charge is 0.507 e. The van der Waals surface area contributed by atoms with Gasteiger partial charge in [-0.05, 0) is 47.2 Å². The second kappa shape index (κ2) is 6.43. The van der Waals surface area contributed by atoms with Crippen molar-refractivity contribution in [3.63, 3.8) is 0 Å². The van der Waals surface area contributed by atoms with E-state index in [1.165, 1.54) is 6.07 Å². The molecule has 1 aromatic carbocycles. The SMILES string of the molecule is NC(=O)CCCNC(=O)c1ccc(I)c(O)c1. The molecule has 0 spiro atoms. The maximum absolute atomic E-state index is 11.6. The van der Waals surface area contributed by atoms with Gasteiger partial charge in [0.25, 0.3) is 5.91 Å². The highest BCUT2D eigenvalue weighted by Crippen LogP contribution is 2.20. The molecule has 2 amide bonds. The Balaban J connectivity index is 2.47. The first-order chi connectivity index (χ1) is 8.00. The second-order valence-corrected chi connectivity index (χ2v) is 4.65. The van der Waals surface area contributed by atoms with Crippen molar-refractivity contribution in [3.05, 3.63) is 27.3 Å². The van der Waals surface area contributed by atoms with Gasteiger partial charge in [0, 0.05) is 18.5 Å². The van der Waals surface area contributed by atoms with Crippen molar-refractivity contribution in [1.29, 1.82) is 0 Å². The molecule has 0 heterocycles. The Hall–Kier alpha value is -1.31. The summed E-state index contributed by atoms with van der Waals surface area (Å²) in [6, 6.07) is 4.70. The van der Waals surface area contributed by atoms with E-state index in [1.807, 2.05) is 22.6 Å². The van der Waals surface area contributed by atoms with Gasteiger partial charge < -0.3 is 16.2 Å². The number of primary amides is 1. The standard InChI is InChI=1S/C11H13IN2O3/c12-8-4-3-7(6-9(8)15)11(17)14-5-1-2-10(13)16/h3-4,6,15H,1-2,5H2,(H2,13,16)(H,14,17). The number of phenols is 1. The Morgan fingerprint density at radius 2 is 2.12 bits per heavy atom. The van der Waals surface area contributed by atoms with Crippen LogP contribution in [0.4, 0.5) is 0 Å². The van der Waals surface area contributed by atoms with E-state index in [9.17, 15) is 14.7 Å². The fourth-order valence-electron chi connectivity index (χ4n) is 1.22. The maximum atomic E-state index is 11.6. The molecule has 0 aliphatic rings. The summed E-state index contributed by atoms with van der Waals surface area (Å²) in [5.41, 5.74) is 5.36. The van der Waals surface area contributed by atoms with Gasteiger partial charge in [0.15, 0.2) is 0 Å². The highest BCUT2D eigenvalue weighted by Gasteiger charge is 2.07. The zero-order valence-electron chi connectivity index (χ0n) is 9.07. The topological polar surface area (TPSA) is 92.4 Å². The molecule has 0 unspecified atom stereocenters. The second-order valence-electron chi connectivity index (χ2n) is 3.49. The number of carbonyl (C=O) groups excluding carboxylic acids is 2. The minimum Gasteiger partial charge on any atom is -0.507 e. The minimum atomic E-state index is -0.383. The van der Waals surface area contributed by atoms with Crippen molar-refractivity contribution < 1.29 is 14.7 Å². The van der Waals surface area contributed by atoms with Crippen molar-refractivity contribution >= 4 is 34.4 Å². The Labute approximate surface area is 113 Å². The Morgan fingerprint density at radius 3 is 2.71 bits per heavy atom. The Bertz CT molecular complexity index is 435. The zero-order chi connectivity index (χ0) is 12.8. The molecular formula is C11H13IN2O3. The van der Waals surface area contributed by atoms with E-state index in [1.54, 1.807) is 12.1 Å². The van der Waals surface area contributed by atoms with Crippen LogP contribution in [0.2, 0.25) is 0 Å². The Kier molecular flexibility index (Phi) is 5.20. The molecule has 92 valence electrons. The van der Waals surface area contributed by atoms with Crippen LogP contribution in [0.15, 0.2) is 18.2 Å². The predicted molar refractivity (Wildman–Crippen MR) is 71.6 cm³/mol. The number of rotatable bonds is 5. The molecule has 0 bridgehead atoms. The van der Waals surface area contributed by atoms with Crippen LogP contribution in [0.1, 0.15) is 23.2 Å². The lowest BCUT2D eigenvalue weighted by molar-refractivity contribution is -0.118. The fraction of sp³-hybridized carbons (Fsp3) is 0.273. The molecule has 1 aromatic rings. The third-order valence-electron chi connectivity index (χ3n) is 2.09. The molecule has 0 atom stereocenters. The molecule has 4 N–H and O–H groups in total. The van der Waals surface area contributed by atoms with Crippen molar-refractivity contribution in [1.82, 2.24) is 5.32 Å². The molecule has 0 radical (unpaired) electrons. The number of amides is 2. The minimum absolute atomic E-state index is 0.0791. The lowest BCUT2D eigenvalue weighted by Gasteiger charge is -2.05. The lowest BCUT2D eigenvalue weighted by Crippen LogP contribution is -2.25. The highest BCUT2D eigenvalue weighted by molar-refractivity contribution is 14.1. The highest BCUT2D eigenvalue weighted by atomic mass is 127. The van der Waals surface area contributed by atoms with Crippen molar-refractivity contribution in [2.75, 3.05) is 6.54 Å². The third-order valence-corrected chi connectivity index (χ3v) is 3.01. The molecule has 0 saturated heterocycles. The van der Waals surface area contributed by atoms with E-state index >= 15 is 0 Å². The number of phenolic OH excluding ortho intramolecular Hbond substituents is 1. The van der Waals surface area contributed by atoms with E-state index in [0.717, 1.165) is 0 Å². The summed E-state index contributed by atoms with van der Waals surface area (Å²) in [4.78, 5) is 22.1. The average Bonchev–Trinajstić information content (AvgIpc) is 2.27. The summed E-state index contributed by atoms with van der Waals surface area (Å²) >= 11 is 1.97. The number of nitrogens with one attached hydrogen (secondary N) is 1. The van der Waals surface area contributed by atoms with Crippen LogP contribution in [0.5, 0.6) is 5.75 Å². The number of nitrogens with two attached hydrogens (primary N) is 1. The smallest absolute Gasteiger partial charge is 0.251 e. The first-order valence-corrected chi connectivity index (χ1v) is 6.13. The summed E-state index contributed by atoms with van der Waals surface area (Å²) in [5, 5.41) is 12.1. The van der Waals surface area contributed by atoms with Crippen LogP contribution in [0, 0.1) is 3.57 Å². The molecule has 5 nitrogen and oxygen atoms in total. The van der Waals surface area contributed by atoms with E-state index < -0.39 is 0 Å². The van der Waals surface area contributed by atoms with Crippen LogP contribution in [-0.2, 0) is 4.79 Å². The summed E-state index contributed by atoms with van der Waals surface area (Å²) in [6.07, 6.45) is 0.760. The monoisotopic (exact) mass is 348 g/mol. The van der Waals surface area contributed by atoms with Gasteiger partial charge in [0.2, 0.25) is 5.91 Å². The van der Waals surface area contributed by atoms with Crippen LogP contribution in [0.25, 0.3) is 0 Å². The van der Waals surface area contributed by atoms with Crippen LogP contribution in [0.3, 0.4) is 0 Å². The molecule has 17 heavy (non-hydrogen) atoms. The van der Waals surface area contributed by atoms with Crippen LogP contribution in [-0.4, -0.2) is 23.5 Å². The van der Waals surface area contributed by atoms with E-state index in [0.29, 0.717) is 22.1 Å². The van der Waals surface area contributed by atoms with E-state index in [4.69, 9.17) is 5.73 Å². The van der Waals surface area contributed by atoms with Crippen LogP contribution < -0.4 is 11.1 Å². The van der Waals surface area contributed by atoms with Gasteiger partial charge in [-0.3, -0.25) is 9.59 Å². The van der Waals surface area contributed by atoms with Gasteiger partial charge in [-0.2, -0.15) is 0 Å². The number of hydrogen-bond donors (Lipinski definition) is 3. The summed E-state index contributed by atoms with van der Waals surface area (Å²) in [6.45, 7) is 0.383. The van der Waals surface area contributed by atoms with Crippen molar-refractivity contribution in [2.24, 2.45) is 5.73 Å². The lowest BCUT2D eigenvalue weighted by atomic mass is 10.2. The molecule has 0 aromatic heterocycles. The van der Waals surface area contributed by atoms with Gasteiger partial charge in [-0.15, -0.1) is 0 Å². The van der Waals surface area contributed by atoms with E-state index in [2.05, 4.69) is 5.32 Å². The number of carbonyl (C=O) groups is 2. The van der Waals surface area contributed by atoms with Gasteiger partial charge >= 0.3 is 0 Å².